The SMILES string of the molecule is CC(C)COCCNC(c1cccs1)c1cccs1. The fraction of sp³-hybridized carbons (Fsp3) is 0.467. The van der Waals surface area contributed by atoms with Crippen LogP contribution < -0.4 is 5.32 Å². The van der Waals surface area contributed by atoms with Gasteiger partial charge in [-0.1, -0.05) is 26.0 Å². The molecule has 0 aliphatic heterocycles. The third-order valence-corrected chi connectivity index (χ3v) is 4.58. The van der Waals surface area contributed by atoms with Crippen LogP contribution in [0.4, 0.5) is 0 Å². The molecule has 104 valence electrons. The summed E-state index contributed by atoms with van der Waals surface area (Å²) in [6, 6.07) is 8.91. The van der Waals surface area contributed by atoms with E-state index in [1.807, 2.05) is 0 Å². The van der Waals surface area contributed by atoms with Gasteiger partial charge in [0.2, 0.25) is 0 Å². The standard InChI is InChI=1S/C15H21NOS2/c1-12(2)11-17-8-7-16-15(13-5-3-9-18-13)14-6-4-10-19-14/h3-6,9-10,12,15-16H,7-8,11H2,1-2H3. The van der Waals surface area contributed by atoms with Crippen LogP contribution in [0, 0.1) is 5.92 Å². The van der Waals surface area contributed by atoms with Crippen molar-refractivity contribution in [3.63, 3.8) is 0 Å². The highest BCUT2D eigenvalue weighted by Crippen LogP contribution is 2.28. The molecule has 19 heavy (non-hydrogen) atoms. The first kappa shape index (κ1) is 14.7. The zero-order valence-electron chi connectivity index (χ0n) is 11.5. The summed E-state index contributed by atoms with van der Waals surface area (Å²) in [7, 11) is 0. The average molecular weight is 295 g/mol. The summed E-state index contributed by atoms with van der Waals surface area (Å²) in [5.74, 6) is 0.602. The van der Waals surface area contributed by atoms with Gasteiger partial charge in [-0.3, -0.25) is 0 Å². The Bertz CT molecular complexity index is 402. The summed E-state index contributed by atoms with van der Waals surface area (Å²) in [5.41, 5.74) is 0. The number of hydrogen-bond donors (Lipinski definition) is 1. The van der Waals surface area contributed by atoms with Crippen LogP contribution in [0.3, 0.4) is 0 Å². The summed E-state index contributed by atoms with van der Waals surface area (Å²) in [6.45, 7) is 6.84. The highest BCUT2D eigenvalue weighted by molar-refractivity contribution is 7.11. The molecule has 0 radical (unpaired) electrons. The van der Waals surface area contributed by atoms with Crippen LogP contribution in [0.2, 0.25) is 0 Å². The lowest BCUT2D eigenvalue weighted by Gasteiger charge is -2.16. The van der Waals surface area contributed by atoms with E-state index in [0.717, 1.165) is 19.8 Å². The zero-order valence-corrected chi connectivity index (χ0v) is 13.1. The van der Waals surface area contributed by atoms with Crippen molar-refractivity contribution in [1.29, 1.82) is 0 Å². The summed E-state index contributed by atoms with van der Waals surface area (Å²) in [4.78, 5) is 2.73. The lowest BCUT2D eigenvalue weighted by atomic mass is 10.2. The molecule has 0 aliphatic rings. The first-order chi connectivity index (χ1) is 9.27. The third kappa shape index (κ3) is 4.73. The lowest BCUT2D eigenvalue weighted by Crippen LogP contribution is -2.25. The second kappa shape index (κ2) is 7.80. The highest BCUT2D eigenvalue weighted by Gasteiger charge is 2.15. The Labute approximate surface area is 123 Å². The van der Waals surface area contributed by atoms with Crippen LogP contribution in [-0.2, 0) is 4.74 Å². The molecule has 0 unspecified atom stereocenters. The monoisotopic (exact) mass is 295 g/mol. The Morgan fingerprint density at radius 3 is 2.21 bits per heavy atom. The Hall–Kier alpha value is -0.680. The van der Waals surface area contributed by atoms with E-state index in [0.29, 0.717) is 12.0 Å². The Morgan fingerprint density at radius 2 is 1.74 bits per heavy atom. The molecule has 0 atom stereocenters. The smallest absolute Gasteiger partial charge is 0.0765 e. The lowest BCUT2D eigenvalue weighted by molar-refractivity contribution is 0.111. The van der Waals surface area contributed by atoms with Gasteiger partial charge in [0.1, 0.15) is 0 Å². The van der Waals surface area contributed by atoms with Crippen molar-refractivity contribution in [2.45, 2.75) is 19.9 Å². The minimum Gasteiger partial charge on any atom is -0.380 e. The van der Waals surface area contributed by atoms with Gasteiger partial charge >= 0.3 is 0 Å². The van der Waals surface area contributed by atoms with E-state index in [1.165, 1.54) is 9.75 Å². The first-order valence-corrected chi connectivity index (χ1v) is 8.41. The molecular formula is C15H21NOS2. The van der Waals surface area contributed by atoms with Crippen molar-refractivity contribution in [1.82, 2.24) is 5.32 Å². The van der Waals surface area contributed by atoms with E-state index in [1.54, 1.807) is 22.7 Å². The van der Waals surface area contributed by atoms with E-state index >= 15 is 0 Å². The number of rotatable bonds is 8. The minimum absolute atomic E-state index is 0.308. The molecule has 2 heterocycles. The van der Waals surface area contributed by atoms with Crippen LogP contribution in [0.1, 0.15) is 29.6 Å². The fourth-order valence-electron chi connectivity index (χ4n) is 1.85. The molecule has 0 saturated carbocycles. The van der Waals surface area contributed by atoms with Gasteiger partial charge in [0.25, 0.3) is 0 Å². The molecular weight excluding hydrogens is 274 g/mol. The average Bonchev–Trinajstić information content (AvgIpc) is 3.06. The first-order valence-electron chi connectivity index (χ1n) is 6.65. The minimum atomic E-state index is 0.308. The van der Waals surface area contributed by atoms with Crippen molar-refractivity contribution in [3.8, 4) is 0 Å². The van der Waals surface area contributed by atoms with E-state index in [9.17, 15) is 0 Å². The molecule has 0 bridgehead atoms. The normalized spacial score (nSPS) is 11.6. The zero-order chi connectivity index (χ0) is 13.5. The summed E-state index contributed by atoms with van der Waals surface area (Å²) >= 11 is 3.60. The van der Waals surface area contributed by atoms with Crippen molar-refractivity contribution in [2.75, 3.05) is 19.8 Å². The molecule has 4 heteroatoms. The second-order valence-electron chi connectivity index (χ2n) is 4.89. The van der Waals surface area contributed by atoms with Crippen molar-refractivity contribution >= 4 is 22.7 Å². The van der Waals surface area contributed by atoms with Gasteiger partial charge < -0.3 is 10.1 Å². The predicted octanol–water partition coefficient (Wildman–Crippen LogP) is 4.16. The summed E-state index contributed by atoms with van der Waals surface area (Å²) < 4.78 is 5.62. The van der Waals surface area contributed by atoms with Gasteiger partial charge in [-0.15, -0.1) is 22.7 Å². The molecule has 2 aromatic rings. The quantitative estimate of drug-likeness (QED) is 0.738. The molecule has 0 saturated heterocycles. The molecule has 0 aromatic carbocycles. The Balaban J connectivity index is 1.86. The van der Waals surface area contributed by atoms with Crippen molar-refractivity contribution in [2.24, 2.45) is 5.92 Å². The molecule has 2 aromatic heterocycles. The van der Waals surface area contributed by atoms with E-state index in [2.05, 4.69) is 54.2 Å². The van der Waals surface area contributed by atoms with Gasteiger partial charge in [-0.05, 0) is 28.8 Å². The maximum Gasteiger partial charge on any atom is 0.0765 e. The van der Waals surface area contributed by atoms with E-state index in [-0.39, 0.29) is 0 Å². The van der Waals surface area contributed by atoms with Crippen LogP contribution in [0.5, 0.6) is 0 Å². The largest absolute Gasteiger partial charge is 0.380 e. The number of thiophene rings is 2. The maximum absolute atomic E-state index is 5.62. The fourth-order valence-corrected chi connectivity index (χ4v) is 3.56. The molecule has 2 rings (SSSR count). The highest BCUT2D eigenvalue weighted by atomic mass is 32.1. The van der Waals surface area contributed by atoms with Crippen molar-refractivity contribution in [3.05, 3.63) is 44.8 Å². The van der Waals surface area contributed by atoms with Gasteiger partial charge in [0.15, 0.2) is 0 Å². The topological polar surface area (TPSA) is 21.3 Å². The third-order valence-electron chi connectivity index (χ3n) is 2.70. The van der Waals surface area contributed by atoms with Crippen LogP contribution >= 0.6 is 22.7 Å². The van der Waals surface area contributed by atoms with E-state index < -0.39 is 0 Å². The molecule has 1 N–H and O–H groups in total. The van der Waals surface area contributed by atoms with Gasteiger partial charge in [-0.2, -0.15) is 0 Å². The predicted molar refractivity (Wildman–Crippen MR) is 84.1 cm³/mol. The Morgan fingerprint density at radius 1 is 1.11 bits per heavy atom. The molecule has 0 aliphatic carbocycles. The Kier molecular flexibility index (Phi) is 6.04. The second-order valence-corrected chi connectivity index (χ2v) is 6.85. The summed E-state index contributed by atoms with van der Waals surface area (Å²) in [5, 5.41) is 7.86. The molecule has 0 spiro atoms. The molecule has 0 amide bonds. The van der Waals surface area contributed by atoms with Crippen molar-refractivity contribution < 1.29 is 4.74 Å². The number of nitrogens with one attached hydrogen (secondary N) is 1. The van der Waals surface area contributed by atoms with Crippen LogP contribution in [-0.4, -0.2) is 19.8 Å². The van der Waals surface area contributed by atoms with Gasteiger partial charge in [-0.25, -0.2) is 0 Å². The maximum atomic E-state index is 5.62. The van der Waals surface area contributed by atoms with Crippen LogP contribution in [0.25, 0.3) is 0 Å². The van der Waals surface area contributed by atoms with Gasteiger partial charge in [0, 0.05) is 22.9 Å². The molecule has 2 nitrogen and oxygen atoms in total. The molecule has 0 fully saturated rings. The van der Waals surface area contributed by atoms with Crippen LogP contribution in [0.15, 0.2) is 35.0 Å². The van der Waals surface area contributed by atoms with Gasteiger partial charge in [0.05, 0.1) is 12.6 Å². The number of ether oxygens (including phenoxy) is 1. The van der Waals surface area contributed by atoms with E-state index in [4.69, 9.17) is 4.74 Å². The number of hydrogen-bond acceptors (Lipinski definition) is 4. The summed E-state index contributed by atoms with van der Waals surface area (Å²) in [6.07, 6.45) is 0.